The van der Waals surface area contributed by atoms with E-state index in [1.54, 1.807) is 6.07 Å². The maximum absolute atomic E-state index is 11.7. The lowest BCUT2D eigenvalue weighted by molar-refractivity contribution is -0.383. The monoisotopic (exact) mass is 266 g/mol. The molecule has 0 aliphatic heterocycles. The molecule has 0 saturated carbocycles. The molecule has 18 heavy (non-hydrogen) atoms. The molecule has 1 aromatic carbocycles. The van der Waals surface area contributed by atoms with Gasteiger partial charge in [0.25, 0.3) is 11.6 Å². The van der Waals surface area contributed by atoms with Gasteiger partial charge in [0.1, 0.15) is 5.69 Å². The minimum absolute atomic E-state index is 0.0156. The van der Waals surface area contributed by atoms with E-state index in [1.807, 2.05) is 0 Å². The number of nitrogens with one attached hydrogen (secondary N) is 1. The number of hydrogen-bond donors (Lipinski definition) is 1. The fraction of sp³-hybridized carbons (Fsp3) is 0. The molecule has 0 spiro atoms. The van der Waals surface area contributed by atoms with Gasteiger partial charge in [-0.3, -0.25) is 14.9 Å². The number of carbonyl (C=O) groups is 1. The summed E-state index contributed by atoms with van der Waals surface area (Å²) in [6, 6.07) is 8.61. The molecule has 1 heterocycles. The highest BCUT2D eigenvalue weighted by atomic mass is 35.5. The van der Waals surface area contributed by atoms with Crippen molar-refractivity contribution in [2.24, 2.45) is 0 Å². The molecule has 0 saturated heterocycles. The zero-order valence-corrected chi connectivity index (χ0v) is 9.68. The highest BCUT2D eigenvalue weighted by Crippen LogP contribution is 2.24. The second-order valence-corrected chi connectivity index (χ2v) is 3.70. The second-order valence-electron chi connectivity index (χ2n) is 3.33. The van der Waals surface area contributed by atoms with Crippen LogP contribution in [-0.4, -0.2) is 10.8 Å². The van der Waals surface area contributed by atoms with Crippen LogP contribution in [-0.2, 0) is 0 Å². The summed E-state index contributed by atoms with van der Waals surface area (Å²) in [5.74, 6) is -0.616. The Hall–Kier alpha value is -2.34. The molecule has 0 unspecified atom stereocenters. The molecule has 0 atom stereocenters. The number of para-hydroxylation sites is 2. The molecule has 0 aliphatic rings. The molecule has 0 fully saturated rings. The van der Waals surface area contributed by atoms with Crippen LogP contribution in [0.3, 0.4) is 0 Å². The van der Waals surface area contributed by atoms with Crippen LogP contribution in [0.1, 0.15) is 10.6 Å². The van der Waals surface area contributed by atoms with Gasteiger partial charge in [-0.25, -0.2) is 0 Å². The van der Waals surface area contributed by atoms with Crippen molar-refractivity contribution in [2.75, 3.05) is 5.32 Å². The van der Waals surface area contributed by atoms with E-state index in [-0.39, 0.29) is 22.4 Å². The number of furan rings is 1. The minimum Gasteiger partial charge on any atom is -0.440 e. The number of nitrogens with zero attached hydrogens (tertiary/aromatic N) is 1. The van der Waals surface area contributed by atoms with Crippen molar-refractivity contribution < 1.29 is 14.1 Å². The van der Waals surface area contributed by atoms with Crippen LogP contribution in [0.5, 0.6) is 0 Å². The third-order valence-corrected chi connectivity index (χ3v) is 2.35. The quantitative estimate of drug-likeness (QED) is 0.683. The molecule has 0 radical (unpaired) electrons. The summed E-state index contributed by atoms with van der Waals surface area (Å²) in [6.45, 7) is 0. The average molecular weight is 267 g/mol. The Labute approximate surface area is 106 Å². The number of hydrogen-bond acceptors (Lipinski definition) is 4. The molecule has 7 heteroatoms. The fourth-order valence-electron chi connectivity index (χ4n) is 1.36. The molecule has 0 aliphatic carbocycles. The van der Waals surface area contributed by atoms with Crippen molar-refractivity contribution >= 4 is 28.9 Å². The fourth-order valence-corrected chi connectivity index (χ4v) is 1.50. The Bertz CT molecular complexity index is 609. The average Bonchev–Trinajstić information content (AvgIpc) is 2.76. The minimum atomic E-state index is -0.601. The molecule has 2 aromatic rings. The summed E-state index contributed by atoms with van der Waals surface area (Å²) >= 11 is 5.53. The van der Waals surface area contributed by atoms with Crippen LogP contribution in [0.15, 0.2) is 40.8 Å². The normalized spacial score (nSPS) is 10.1. The van der Waals surface area contributed by atoms with Crippen LogP contribution in [0.4, 0.5) is 11.4 Å². The summed E-state index contributed by atoms with van der Waals surface area (Å²) < 4.78 is 4.90. The number of halogens is 1. The number of rotatable bonds is 3. The third-order valence-electron chi connectivity index (χ3n) is 2.15. The van der Waals surface area contributed by atoms with Gasteiger partial charge in [0, 0.05) is 6.07 Å². The Balaban J connectivity index is 2.24. The van der Waals surface area contributed by atoms with Crippen LogP contribution < -0.4 is 5.32 Å². The molecule has 0 bridgehead atoms. The van der Waals surface area contributed by atoms with E-state index in [0.717, 1.165) is 0 Å². The first-order valence-corrected chi connectivity index (χ1v) is 5.26. The van der Waals surface area contributed by atoms with Gasteiger partial charge in [-0.2, -0.15) is 0 Å². The van der Waals surface area contributed by atoms with Crippen molar-refractivity contribution in [3.8, 4) is 0 Å². The molecular formula is C11H7ClN2O4. The van der Waals surface area contributed by atoms with E-state index in [0.29, 0.717) is 0 Å². The number of carbonyl (C=O) groups excluding carboxylic acids is 1. The number of amides is 1. The summed E-state index contributed by atoms with van der Waals surface area (Å²) in [4.78, 5) is 21.9. The maximum Gasteiger partial charge on any atom is 0.292 e. The van der Waals surface area contributed by atoms with Crippen molar-refractivity contribution in [1.29, 1.82) is 0 Å². The van der Waals surface area contributed by atoms with Crippen LogP contribution in [0.25, 0.3) is 0 Å². The van der Waals surface area contributed by atoms with Crippen molar-refractivity contribution in [1.82, 2.24) is 0 Å². The van der Waals surface area contributed by atoms with Crippen molar-refractivity contribution in [2.45, 2.75) is 0 Å². The maximum atomic E-state index is 11.7. The molecule has 92 valence electrons. The van der Waals surface area contributed by atoms with Gasteiger partial charge in [0.05, 0.1) is 4.92 Å². The van der Waals surface area contributed by atoms with E-state index in [2.05, 4.69) is 5.32 Å². The lowest BCUT2D eigenvalue weighted by atomic mass is 10.2. The summed E-state index contributed by atoms with van der Waals surface area (Å²) in [5.41, 5.74) is -0.0940. The van der Waals surface area contributed by atoms with Gasteiger partial charge in [0.15, 0.2) is 11.0 Å². The van der Waals surface area contributed by atoms with Gasteiger partial charge in [0.2, 0.25) is 0 Å². The number of nitro benzene ring substituents is 1. The lowest BCUT2D eigenvalue weighted by Crippen LogP contribution is -2.12. The largest absolute Gasteiger partial charge is 0.440 e. The van der Waals surface area contributed by atoms with Gasteiger partial charge < -0.3 is 9.73 Å². The molecular weight excluding hydrogens is 260 g/mol. The molecule has 1 N–H and O–H groups in total. The summed E-state index contributed by atoms with van der Waals surface area (Å²) in [7, 11) is 0. The first-order valence-electron chi connectivity index (χ1n) is 4.88. The van der Waals surface area contributed by atoms with E-state index in [4.69, 9.17) is 16.0 Å². The van der Waals surface area contributed by atoms with Gasteiger partial charge in [-0.1, -0.05) is 12.1 Å². The molecule has 2 rings (SSSR count). The van der Waals surface area contributed by atoms with Crippen LogP contribution in [0.2, 0.25) is 5.22 Å². The van der Waals surface area contributed by atoms with Crippen LogP contribution >= 0.6 is 11.6 Å². The Morgan fingerprint density at radius 3 is 2.61 bits per heavy atom. The number of nitro groups is 1. The summed E-state index contributed by atoms with van der Waals surface area (Å²) in [5, 5.41) is 13.2. The van der Waals surface area contributed by atoms with Crippen molar-refractivity contribution in [3.05, 3.63) is 57.5 Å². The number of benzene rings is 1. The van der Waals surface area contributed by atoms with E-state index in [9.17, 15) is 14.9 Å². The van der Waals surface area contributed by atoms with Crippen LogP contribution in [0, 0.1) is 10.1 Å². The smallest absolute Gasteiger partial charge is 0.292 e. The number of anilines is 1. The first kappa shape index (κ1) is 12.1. The Kier molecular flexibility index (Phi) is 3.29. The SMILES string of the molecule is O=C(Nc1ccccc1[N+](=O)[O-])c1ccc(Cl)o1. The highest BCUT2D eigenvalue weighted by Gasteiger charge is 2.17. The standard InChI is InChI=1S/C11H7ClN2O4/c12-10-6-5-9(18-10)11(15)13-7-3-1-2-4-8(7)14(16)17/h1-6H,(H,13,15). The Morgan fingerprint density at radius 1 is 1.28 bits per heavy atom. The van der Waals surface area contributed by atoms with Crippen molar-refractivity contribution in [3.63, 3.8) is 0 Å². The first-order chi connectivity index (χ1) is 8.58. The topological polar surface area (TPSA) is 85.4 Å². The zero-order chi connectivity index (χ0) is 13.1. The predicted molar refractivity (Wildman–Crippen MR) is 64.8 cm³/mol. The molecule has 6 nitrogen and oxygen atoms in total. The van der Waals surface area contributed by atoms with E-state index in [1.165, 1.54) is 30.3 Å². The van der Waals surface area contributed by atoms with Gasteiger partial charge in [-0.15, -0.1) is 0 Å². The van der Waals surface area contributed by atoms with E-state index < -0.39 is 10.8 Å². The lowest BCUT2D eigenvalue weighted by Gasteiger charge is -2.03. The zero-order valence-electron chi connectivity index (χ0n) is 8.92. The molecule has 1 aromatic heterocycles. The third kappa shape index (κ3) is 2.49. The molecule has 1 amide bonds. The summed E-state index contributed by atoms with van der Waals surface area (Å²) in [6.07, 6.45) is 0. The van der Waals surface area contributed by atoms with Gasteiger partial charge in [-0.05, 0) is 29.8 Å². The van der Waals surface area contributed by atoms with E-state index >= 15 is 0 Å². The second kappa shape index (κ2) is 4.89. The van der Waals surface area contributed by atoms with Gasteiger partial charge >= 0.3 is 0 Å². The Morgan fingerprint density at radius 2 is 2.00 bits per heavy atom. The highest BCUT2D eigenvalue weighted by molar-refractivity contribution is 6.29. The predicted octanol–water partition coefficient (Wildman–Crippen LogP) is 3.09.